The number of likely N-dealkylation sites (tertiary alicyclic amines) is 1. The number of amides is 1. The van der Waals surface area contributed by atoms with Crippen LogP contribution in [0.4, 0.5) is 0 Å². The number of carbonyl (C=O) groups is 2. The Bertz CT molecular complexity index is 405. The van der Waals surface area contributed by atoms with E-state index in [9.17, 15) is 9.59 Å². The normalized spacial score (nSPS) is 29.1. The van der Waals surface area contributed by atoms with Crippen LogP contribution < -0.4 is 0 Å². The lowest BCUT2D eigenvalue weighted by molar-refractivity contribution is -0.150. The Morgan fingerprint density at radius 1 is 1.17 bits per heavy atom. The van der Waals surface area contributed by atoms with Crippen molar-refractivity contribution in [2.24, 2.45) is 11.8 Å². The summed E-state index contributed by atoms with van der Waals surface area (Å²) in [6, 6.07) is 0.393. The molecule has 132 valence electrons. The molecule has 0 aromatic heterocycles. The van der Waals surface area contributed by atoms with Gasteiger partial charge in [-0.1, -0.05) is 6.92 Å². The first-order valence-corrected chi connectivity index (χ1v) is 9.15. The van der Waals surface area contributed by atoms with Gasteiger partial charge in [-0.3, -0.25) is 14.5 Å². The van der Waals surface area contributed by atoms with E-state index in [1.807, 2.05) is 18.9 Å². The zero-order valence-electron chi connectivity index (χ0n) is 14.9. The smallest absolute Gasteiger partial charge is 0.310 e. The average Bonchev–Trinajstić information content (AvgIpc) is 2.55. The van der Waals surface area contributed by atoms with Crippen LogP contribution in [-0.4, -0.2) is 61.0 Å². The molecule has 1 heterocycles. The molecule has 23 heavy (non-hydrogen) atoms. The van der Waals surface area contributed by atoms with E-state index in [0.717, 1.165) is 38.1 Å². The molecule has 1 aliphatic heterocycles. The molecule has 5 heteroatoms. The third kappa shape index (κ3) is 5.20. The van der Waals surface area contributed by atoms with Crippen molar-refractivity contribution in [3.05, 3.63) is 0 Å². The summed E-state index contributed by atoms with van der Waals surface area (Å²) in [5, 5.41) is 0. The van der Waals surface area contributed by atoms with Gasteiger partial charge in [0.2, 0.25) is 5.91 Å². The highest BCUT2D eigenvalue weighted by Gasteiger charge is 2.30. The number of hydrogen-bond donors (Lipinski definition) is 0. The number of ether oxygens (including phenoxy) is 1. The molecule has 1 saturated carbocycles. The first-order valence-electron chi connectivity index (χ1n) is 9.15. The number of nitrogens with zero attached hydrogens (tertiary/aromatic N) is 2. The fourth-order valence-electron chi connectivity index (χ4n) is 3.79. The zero-order chi connectivity index (χ0) is 16.8. The number of likely N-dealkylation sites (N-methyl/N-ethyl adjacent to an activating group) is 1. The average molecular weight is 324 g/mol. The Morgan fingerprint density at radius 3 is 2.52 bits per heavy atom. The molecule has 0 aromatic carbocycles. The minimum atomic E-state index is -0.112. The zero-order valence-corrected chi connectivity index (χ0v) is 14.9. The van der Waals surface area contributed by atoms with Gasteiger partial charge in [-0.05, 0) is 57.9 Å². The highest BCUT2D eigenvalue weighted by Crippen LogP contribution is 2.26. The molecule has 1 aliphatic carbocycles. The van der Waals surface area contributed by atoms with Crippen LogP contribution in [0.25, 0.3) is 0 Å². The van der Waals surface area contributed by atoms with Crippen LogP contribution in [0.1, 0.15) is 52.4 Å². The largest absolute Gasteiger partial charge is 0.466 e. The second-order valence-electron chi connectivity index (χ2n) is 7.24. The second-order valence-corrected chi connectivity index (χ2v) is 7.24. The maximum atomic E-state index is 12.6. The summed E-state index contributed by atoms with van der Waals surface area (Å²) in [6.45, 7) is 6.54. The van der Waals surface area contributed by atoms with Gasteiger partial charge in [-0.15, -0.1) is 0 Å². The molecule has 0 bridgehead atoms. The van der Waals surface area contributed by atoms with Crippen LogP contribution in [-0.2, 0) is 14.3 Å². The lowest BCUT2D eigenvalue weighted by atomic mass is 9.87. The minimum Gasteiger partial charge on any atom is -0.466 e. The molecule has 2 rings (SSSR count). The van der Waals surface area contributed by atoms with Crippen molar-refractivity contribution in [2.75, 3.05) is 33.3 Å². The molecule has 1 unspecified atom stereocenters. The number of carbonyl (C=O) groups excluding carboxylic acids is 2. The number of rotatable bonds is 5. The Hall–Kier alpha value is -1.10. The molecule has 1 amide bonds. The van der Waals surface area contributed by atoms with Gasteiger partial charge in [0, 0.05) is 19.6 Å². The predicted octanol–water partition coefficient (Wildman–Crippen LogP) is 2.30. The first kappa shape index (κ1) is 18.2. The highest BCUT2D eigenvalue weighted by atomic mass is 16.5. The van der Waals surface area contributed by atoms with Crippen molar-refractivity contribution < 1.29 is 14.3 Å². The summed E-state index contributed by atoms with van der Waals surface area (Å²) in [5.41, 5.74) is 0. The van der Waals surface area contributed by atoms with Gasteiger partial charge in [0.1, 0.15) is 0 Å². The van der Waals surface area contributed by atoms with Gasteiger partial charge in [-0.25, -0.2) is 0 Å². The maximum Gasteiger partial charge on any atom is 0.310 e. The molecule has 0 N–H and O–H groups in total. The summed E-state index contributed by atoms with van der Waals surface area (Å²) in [4.78, 5) is 28.5. The van der Waals surface area contributed by atoms with Gasteiger partial charge in [-0.2, -0.15) is 0 Å². The van der Waals surface area contributed by atoms with Crippen molar-refractivity contribution in [3.8, 4) is 0 Å². The second kappa shape index (κ2) is 8.67. The number of hydrogen-bond acceptors (Lipinski definition) is 4. The Balaban J connectivity index is 1.80. The summed E-state index contributed by atoms with van der Waals surface area (Å²) < 4.78 is 5.13. The third-order valence-electron chi connectivity index (χ3n) is 5.41. The van der Waals surface area contributed by atoms with Crippen LogP contribution in [0, 0.1) is 11.8 Å². The van der Waals surface area contributed by atoms with Gasteiger partial charge in [0.25, 0.3) is 0 Å². The van der Waals surface area contributed by atoms with Crippen LogP contribution in [0.3, 0.4) is 0 Å². The minimum absolute atomic E-state index is 0.0719. The van der Waals surface area contributed by atoms with E-state index in [0.29, 0.717) is 25.7 Å². The Labute approximate surface area is 140 Å². The van der Waals surface area contributed by atoms with Crippen LogP contribution in [0.15, 0.2) is 0 Å². The molecular weight excluding hydrogens is 292 g/mol. The monoisotopic (exact) mass is 324 g/mol. The molecule has 0 spiro atoms. The Kier molecular flexibility index (Phi) is 6.88. The van der Waals surface area contributed by atoms with Crippen molar-refractivity contribution in [1.82, 2.24) is 9.80 Å². The lowest BCUT2D eigenvalue weighted by Gasteiger charge is -2.36. The molecular formula is C18H32N2O3. The number of esters is 1. The van der Waals surface area contributed by atoms with Crippen molar-refractivity contribution in [1.29, 1.82) is 0 Å². The summed E-state index contributed by atoms with van der Waals surface area (Å²) >= 11 is 0. The predicted molar refractivity (Wildman–Crippen MR) is 90.0 cm³/mol. The topological polar surface area (TPSA) is 49.9 Å². The Morgan fingerprint density at radius 2 is 1.87 bits per heavy atom. The van der Waals surface area contributed by atoms with Crippen LogP contribution >= 0.6 is 0 Å². The lowest BCUT2D eigenvalue weighted by Crippen LogP contribution is -2.47. The summed E-state index contributed by atoms with van der Waals surface area (Å²) in [6.07, 6.45) is 6.51. The highest BCUT2D eigenvalue weighted by molar-refractivity contribution is 5.78. The van der Waals surface area contributed by atoms with E-state index < -0.39 is 0 Å². The first-order chi connectivity index (χ1) is 11.0. The molecule has 0 radical (unpaired) electrons. The van der Waals surface area contributed by atoms with E-state index in [4.69, 9.17) is 4.74 Å². The molecule has 0 aromatic rings. The fraction of sp³-hybridized carbons (Fsp3) is 0.889. The number of piperidine rings is 1. The van der Waals surface area contributed by atoms with Crippen LogP contribution in [0.2, 0.25) is 0 Å². The van der Waals surface area contributed by atoms with Gasteiger partial charge in [0.05, 0.1) is 19.1 Å². The standard InChI is InChI=1S/C18H32N2O3/c1-4-23-18(22)15-6-5-11-20(12-15)13-17(21)19(3)16-9-7-14(2)8-10-16/h14-16H,4-13H2,1-3H3. The molecule has 2 fully saturated rings. The molecule has 5 nitrogen and oxygen atoms in total. The summed E-state index contributed by atoms with van der Waals surface area (Å²) in [7, 11) is 1.94. The van der Waals surface area contributed by atoms with Gasteiger partial charge < -0.3 is 9.64 Å². The SMILES string of the molecule is CCOC(=O)C1CCCN(CC(=O)N(C)C2CCC(C)CC2)C1. The molecule has 1 atom stereocenters. The quantitative estimate of drug-likeness (QED) is 0.728. The molecule has 2 aliphatic rings. The van der Waals surface area contributed by atoms with E-state index in [-0.39, 0.29) is 17.8 Å². The van der Waals surface area contributed by atoms with Crippen LogP contribution in [0.5, 0.6) is 0 Å². The van der Waals surface area contributed by atoms with E-state index in [2.05, 4.69) is 11.8 Å². The third-order valence-corrected chi connectivity index (χ3v) is 5.41. The van der Waals surface area contributed by atoms with Crippen molar-refractivity contribution >= 4 is 11.9 Å². The van der Waals surface area contributed by atoms with E-state index in [1.165, 1.54) is 12.8 Å². The fourth-order valence-corrected chi connectivity index (χ4v) is 3.79. The van der Waals surface area contributed by atoms with Crippen molar-refractivity contribution in [3.63, 3.8) is 0 Å². The maximum absolute atomic E-state index is 12.6. The van der Waals surface area contributed by atoms with Gasteiger partial charge in [0.15, 0.2) is 0 Å². The molecule has 1 saturated heterocycles. The summed E-state index contributed by atoms with van der Waals surface area (Å²) in [5.74, 6) is 0.799. The van der Waals surface area contributed by atoms with Gasteiger partial charge >= 0.3 is 5.97 Å². The van der Waals surface area contributed by atoms with Crippen molar-refractivity contribution in [2.45, 2.75) is 58.4 Å². The van der Waals surface area contributed by atoms with E-state index >= 15 is 0 Å². The van der Waals surface area contributed by atoms with E-state index in [1.54, 1.807) is 0 Å².